The van der Waals surface area contributed by atoms with E-state index < -0.39 is 0 Å². The number of anilines is 1. The predicted molar refractivity (Wildman–Crippen MR) is 116 cm³/mol. The molecule has 0 aliphatic rings. The molecule has 0 atom stereocenters. The first kappa shape index (κ1) is 20.5. The maximum atomic E-state index is 13.1. The van der Waals surface area contributed by atoms with Crippen LogP contribution in [0.2, 0.25) is 0 Å². The second-order valence-electron chi connectivity index (χ2n) is 6.39. The number of aromatic nitrogens is 4. The molecule has 28 heavy (non-hydrogen) atoms. The molecule has 2 heterocycles. The molecule has 148 valence electrons. The fraction of sp³-hybridized carbons (Fsp3) is 0.316. The van der Waals surface area contributed by atoms with Gasteiger partial charge in [-0.05, 0) is 66.6 Å². The van der Waals surface area contributed by atoms with Crippen LogP contribution < -0.4 is 10.6 Å². The summed E-state index contributed by atoms with van der Waals surface area (Å²) >= 11 is 8.97. The van der Waals surface area contributed by atoms with Crippen LogP contribution in [0.3, 0.4) is 0 Å². The van der Waals surface area contributed by atoms with E-state index in [2.05, 4.69) is 36.8 Å². The van der Waals surface area contributed by atoms with Gasteiger partial charge in [-0.15, -0.1) is 0 Å². The van der Waals surface area contributed by atoms with Gasteiger partial charge in [-0.25, -0.2) is 4.39 Å². The van der Waals surface area contributed by atoms with Gasteiger partial charge in [0.1, 0.15) is 5.82 Å². The Morgan fingerprint density at radius 1 is 1.21 bits per heavy atom. The van der Waals surface area contributed by atoms with E-state index in [1.807, 2.05) is 30.1 Å². The van der Waals surface area contributed by atoms with Gasteiger partial charge in [0.15, 0.2) is 5.11 Å². The zero-order chi connectivity index (χ0) is 20.3. The Balaban J connectivity index is 1.66. The van der Waals surface area contributed by atoms with Gasteiger partial charge in [0, 0.05) is 6.54 Å². The SMILES string of the molecule is CCn1ncc(Br)c1CNC(=S)Nc1c(C)nn(Cc2ccc(F)cc2)c1C. The molecule has 0 saturated heterocycles. The Kier molecular flexibility index (Phi) is 6.46. The third kappa shape index (κ3) is 4.59. The monoisotopic (exact) mass is 464 g/mol. The molecule has 1 aromatic carbocycles. The summed E-state index contributed by atoms with van der Waals surface area (Å²) in [5, 5.41) is 15.9. The topological polar surface area (TPSA) is 59.7 Å². The average Bonchev–Trinajstić information content (AvgIpc) is 3.16. The highest BCUT2D eigenvalue weighted by Crippen LogP contribution is 2.21. The summed E-state index contributed by atoms with van der Waals surface area (Å²) in [5.74, 6) is -0.244. The Bertz CT molecular complexity index is 979. The maximum Gasteiger partial charge on any atom is 0.171 e. The second kappa shape index (κ2) is 8.83. The Labute approximate surface area is 177 Å². The molecular weight excluding hydrogens is 443 g/mol. The molecule has 0 radical (unpaired) electrons. The molecule has 3 rings (SSSR count). The Morgan fingerprint density at radius 3 is 2.61 bits per heavy atom. The summed E-state index contributed by atoms with van der Waals surface area (Å²) in [4.78, 5) is 0. The number of thiocarbonyl (C=S) groups is 1. The van der Waals surface area contributed by atoms with E-state index in [0.717, 1.165) is 39.4 Å². The number of halogens is 2. The first-order valence-electron chi connectivity index (χ1n) is 8.92. The van der Waals surface area contributed by atoms with E-state index in [0.29, 0.717) is 18.2 Å². The van der Waals surface area contributed by atoms with Crippen LogP contribution in [0.15, 0.2) is 34.9 Å². The highest BCUT2D eigenvalue weighted by molar-refractivity contribution is 9.10. The van der Waals surface area contributed by atoms with Crippen LogP contribution in [0.4, 0.5) is 10.1 Å². The lowest BCUT2D eigenvalue weighted by Gasteiger charge is -2.12. The Hall–Kier alpha value is -2.26. The number of rotatable bonds is 6. The summed E-state index contributed by atoms with van der Waals surface area (Å²) in [6.45, 7) is 7.87. The standard InChI is InChI=1S/C19H22BrFN6S/c1-4-26-17(16(20)9-23-26)10-22-19(28)24-18-12(2)25-27(13(18)3)11-14-5-7-15(21)8-6-14/h5-9H,4,10-11H2,1-3H3,(H2,22,24,28). The van der Waals surface area contributed by atoms with E-state index in [9.17, 15) is 4.39 Å². The van der Waals surface area contributed by atoms with E-state index >= 15 is 0 Å². The number of aryl methyl sites for hydroxylation is 2. The van der Waals surface area contributed by atoms with Crippen molar-refractivity contribution < 1.29 is 4.39 Å². The number of hydrogen-bond acceptors (Lipinski definition) is 3. The van der Waals surface area contributed by atoms with Crippen molar-refractivity contribution in [1.29, 1.82) is 0 Å². The quantitative estimate of drug-likeness (QED) is 0.536. The molecule has 0 amide bonds. The van der Waals surface area contributed by atoms with Gasteiger partial charge in [-0.2, -0.15) is 10.2 Å². The number of benzene rings is 1. The van der Waals surface area contributed by atoms with E-state index in [-0.39, 0.29) is 5.82 Å². The average molecular weight is 465 g/mol. The highest BCUT2D eigenvalue weighted by Gasteiger charge is 2.14. The first-order chi connectivity index (χ1) is 13.4. The van der Waals surface area contributed by atoms with Crippen molar-refractivity contribution >= 4 is 38.9 Å². The van der Waals surface area contributed by atoms with Crippen molar-refractivity contribution in [2.45, 2.75) is 40.4 Å². The molecule has 0 saturated carbocycles. The van der Waals surface area contributed by atoms with Crippen molar-refractivity contribution in [2.75, 3.05) is 5.32 Å². The van der Waals surface area contributed by atoms with Crippen molar-refractivity contribution in [3.05, 3.63) is 63.4 Å². The lowest BCUT2D eigenvalue weighted by molar-refractivity contribution is 0.613. The van der Waals surface area contributed by atoms with Gasteiger partial charge in [0.2, 0.25) is 0 Å². The second-order valence-corrected chi connectivity index (χ2v) is 7.66. The molecule has 2 aromatic heterocycles. The van der Waals surface area contributed by atoms with Crippen LogP contribution in [-0.2, 0) is 19.6 Å². The minimum absolute atomic E-state index is 0.244. The van der Waals surface area contributed by atoms with Crippen LogP contribution in [-0.4, -0.2) is 24.7 Å². The first-order valence-corrected chi connectivity index (χ1v) is 10.1. The van der Waals surface area contributed by atoms with Crippen LogP contribution in [0.5, 0.6) is 0 Å². The van der Waals surface area contributed by atoms with E-state index in [1.165, 1.54) is 12.1 Å². The van der Waals surface area contributed by atoms with Crippen molar-refractivity contribution in [2.24, 2.45) is 0 Å². The molecule has 0 bridgehead atoms. The molecule has 0 unspecified atom stereocenters. The summed E-state index contributed by atoms with van der Waals surface area (Å²) in [6, 6.07) is 6.44. The van der Waals surface area contributed by atoms with Crippen molar-refractivity contribution in [3.63, 3.8) is 0 Å². The predicted octanol–water partition coefficient (Wildman–Crippen LogP) is 4.15. The zero-order valence-corrected chi connectivity index (χ0v) is 18.4. The summed E-state index contributed by atoms with van der Waals surface area (Å²) in [5.41, 5.74) is 4.71. The Morgan fingerprint density at radius 2 is 1.93 bits per heavy atom. The summed E-state index contributed by atoms with van der Waals surface area (Å²) < 4.78 is 17.8. The molecule has 9 heteroatoms. The highest BCUT2D eigenvalue weighted by atomic mass is 79.9. The summed E-state index contributed by atoms with van der Waals surface area (Å²) in [7, 11) is 0. The van der Waals surface area contributed by atoms with Gasteiger partial charge < -0.3 is 10.6 Å². The van der Waals surface area contributed by atoms with Crippen LogP contribution in [0, 0.1) is 19.7 Å². The van der Waals surface area contributed by atoms with Gasteiger partial charge in [-0.3, -0.25) is 9.36 Å². The van der Waals surface area contributed by atoms with Gasteiger partial charge >= 0.3 is 0 Å². The molecule has 0 aliphatic heterocycles. The lowest BCUT2D eigenvalue weighted by atomic mass is 10.2. The van der Waals surface area contributed by atoms with Crippen LogP contribution in [0.25, 0.3) is 0 Å². The number of hydrogen-bond donors (Lipinski definition) is 2. The smallest absolute Gasteiger partial charge is 0.171 e. The maximum absolute atomic E-state index is 13.1. The fourth-order valence-electron chi connectivity index (χ4n) is 2.95. The third-order valence-electron chi connectivity index (χ3n) is 4.48. The minimum Gasteiger partial charge on any atom is -0.357 e. The largest absolute Gasteiger partial charge is 0.357 e. The number of nitrogens with one attached hydrogen (secondary N) is 2. The lowest BCUT2D eigenvalue weighted by Crippen LogP contribution is -2.29. The van der Waals surface area contributed by atoms with E-state index in [4.69, 9.17) is 12.2 Å². The van der Waals surface area contributed by atoms with Crippen LogP contribution in [0.1, 0.15) is 29.6 Å². The van der Waals surface area contributed by atoms with E-state index in [1.54, 1.807) is 18.3 Å². The van der Waals surface area contributed by atoms with Crippen LogP contribution >= 0.6 is 28.1 Å². The van der Waals surface area contributed by atoms with Gasteiger partial charge in [0.25, 0.3) is 0 Å². The molecular formula is C19H22BrFN6S. The molecule has 6 nitrogen and oxygen atoms in total. The van der Waals surface area contributed by atoms with Crippen molar-refractivity contribution in [1.82, 2.24) is 24.9 Å². The fourth-order valence-corrected chi connectivity index (χ4v) is 3.56. The zero-order valence-electron chi connectivity index (χ0n) is 16.0. The molecule has 2 N–H and O–H groups in total. The molecule has 0 aliphatic carbocycles. The van der Waals surface area contributed by atoms with Gasteiger partial charge in [0.05, 0.1) is 46.5 Å². The normalized spacial score (nSPS) is 10.9. The molecule has 0 spiro atoms. The molecule has 3 aromatic rings. The van der Waals surface area contributed by atoms with Gasteiger partial charge in [-0.1, -0.05) is 12.1 Å². The van der Waals surface area contributed by atoms with Crippen molar-refractivity contribution in [3.8, 4) is 0 Å². The minimum atomic E-state index is -0.244. The third-order valence-corrected chi connectivity index (χ3v) is 5.39. The summed E-state index contributed by atoms with van der Waals surface area (Å²) in [6.07, 6.45) is 1.78. The molecule has 0 fully saturated rings. The number of nitrogens with zero attached hydrogens (tertiary/aromatic N) is 4.